The van der Waals surface area contributed by atoms with E-state index in [1.807, 2.05) is 56.0 Å². The first-order valence-electron chi connectivity index (χ1n) is 20.1. The Morgan fingerprint density at radius 1 is 0.825 bits per heavy atom. The van der Waals surface area contributed by atoms with Crippen LogP contribution in [0, 0.1) is 11.8 Å². The molecule has 0 spiro atoms. The molecular formula is C44H52N8O5. The van der Waals surface area contributed by atoms with Crippen LogP contribution in [0.4, 0.5) is 4.79 Å². The van der Waals surface area contributed by atoms with E-state index < -0.39 is 18.2 Å². The minimum absolute atomic E-state index is 0.0167. The number of hydrogen-bond donors (Lipinski definition) is 4. The highest BCUT2D eigenvalue weighted by molar-refractivity contribution is 5.94. The monoisotopic (exact) mass is 772 g/mol. The molecule has 298 valence electrons. The highest BCUT2D eigenvalue weighted by atomic mass is 16.5. The van der Waals surface area contributed by atoms with Gasteiger partial charge in [0.05, 0.1) is 49.0 Å². The summed E-state index contributed by atoms with van der Waals surface area (Å²) in [6, 6.07) is 15.3. The third kappa shape index (κ3) is 7.02. The number of hydrogen-bond acceptors (Lipinski definition) is 8. The number of rotatable bonds is 9. The lowest BCUT2D eigenvalue weighted by atomic mass is 9.86. The van der Waals surface area contributed by atoms with Gasteiger partial charge in [-0.25, -0.2) is 14.8 Å². The Kier molecular flexibility index (Phi) is 10.3. The van der Waals surface area contributed by atoms with Crippen LogP contribution in [-0.2, 0) is 14.3 Å². The third-order valence-corrected chi connectivity index (χ3v) is 12.1. The second kappa shape index (κ2) is 15.3. The van der Waals surface area contributed by atoms with Gasteiger partial charge >= 0.3 is 6.09 Å². The van der Waals surface area contributed by atoms with Crippen molar-refractivity contribution in [2.24, 2.45) is 17.6 Å². The van der Waals surface area contributed by atoms with Crippen molar-refractivity contribution in [3.63, 3.8) is 0 Å². The minimum Gasteiger partial charge on any atom is -0.456 e. The fourth-order valence-corrected chi connectivity index (χ4v) is 8.65. The molecule has 0 bridgehead atoms. The van der Waals surface area contributed by atoms with Crippen LogP contribution in [0.25, 0.3) is 33.3 Å². The van der Waals surface area contributed by atoms with Crippen molar-refractivity contribution in [3.8, 4) is 34.0 Å². The Hall–Kier alpha value is -5.69. The molecule has 57 heavy (non-hydrogen) atoms. The number of likely N-dealkylation sites (tertiary alicyclic amines) is 2. The zero-order valence-electron chi connectivity index (χ0n) is 33.5. The first-order valence-corrected chi connectivity index (χ1v) is 20.1. The molecule has 3 aliphatic rings. The summed E-state index contributed by atoms with van der Waals surface area (Å²) in [6.07, 6.45) is 6.46. The highest BCUT2D eigenvalue weighted by Crippen LogP contribution is 2.48. The molecular weight excluding hydrogens is 721 g/mol. The molecule has 2 aromatic heterocycles. The zero-order valence-corrected chi connectivity index (χ0v) is 33.5. The quantitative estimate of drug-likeness (QED) is 0.119. The number of fused-ring (bicyclic) bond motifs is 4. The maximum Gasteiger partial charge on any atom is 0.407 e. The van der Waals surface area contributed by atoms with Crippen LogP contribution in [-0.4, -0.2) is 79.9 Å². The van der Waals surface area contributed by atoms with Crippen molar-refractivity contribution in [2.75, 3.05) is 20.2 Å². The number of imidazole rings is 2. The smallest absolute Gasteiger partial charge is 0.407 e. The lowest BCUT2D eigenvalue weighted by Crippen LogP contribution is -2.51. The molecule has 8 rings (SSSR count). The van der Waals surface area contributed by atoms with Gasteiger partial charge in [-0.15, -0.1) is 0 Å². The largest absolute Gasteiger partial charge is 0.456 e. The summed E-state index contributed by atoms with van der Waals surface area (Å²) >= 11 is 0. The van der Waals surface area contributed by atoms with E-state index in [0.29, 0.717) is 13.1 Å². The van der Waals surface area contributed by atoms with Gasteiger partial charge in [0, 0.05) is 46.6 Å². The summed E-state index contributed by atoms with van der Waals surface area (Å²) in [5, 5.41) is 4.77. The van der Waals surface area contributed by atoms with Crippen molar-refractivity contribution < 1.29 is 23.9 Å². The molecule has 0 aliphatic carbocycles. The Morgan fingerprint density at radius 2 is 1.44 bits per heavy atom. The number of methoxy groups -OCH3 is 1. The lowest BCUT2D eigenvalue weighted by molar-refractivity contribution is -0.136. The Labute approximate surface area is 332 Å². The molecule has 3 aliphatic heterocycles. The highest BCUT2D eigenvalue weighted by Gasteiger charge is 2.38. The number of nitrogens with two attached hydrogens (primary N) is 1. The summed E-state index contributed by atoms with van der Waals surface area (Å²) in [5.74, 6) is 3.08. The number of ether oxygens (including phenoxy) is 2. The van der Waals surface area contributed by atoms with E-state index in [2.05, 4.69) is 64.7 Å². The summed E-state index contributed by atoms with van der Waals surface area (Å²) < 4.78 is 11.4. The molecule has 2 fully saturated rings. The van der Waals surface area contributed by atoms with E-state index in [9.17, 15) is 14.4 Å². The molecule has 5 atom stereocenters. The predicted octanol–water partition coefficient (Wildman–Crippen LogP) is 7.57. The van der Waals surface area contributed by atoms with E-state index in [0.717, 1.165) is 93.2 Å². The van der Waals surface area contributed by atoms with Crippen LogP contribution in [0.2, 0.25) is 0 Å². The summed E-state index contributed by atoms with van der Waals surface area (Å²) in [5.41, 5.74) is 12.2. The van der Waals surface area contributed by atoms with E-state index in [1.54, 1.807) is 0 Å². The van der Waals surface area contributed by atoms with Gasteiger partial charge in [-0.1, -0.05) is 52.8 Å². The van der Waals surface area contributed by atoms with Crippen LogP contribution >= 0.6 is 0 Å². The van der Waals surface area contributed by atoms with Crippen LogP contribution in [0.5, 0.6) is 11.5 Å². The average molecular weight is 773 g/mol. The first kappa shape index (κ1) is 38.2. The standard InChI is InChI=1S/C44H52N8O5/c1-23(2)37(45)42(53)51-17-7-9-34(51)40-47-22-33(49-40)28-13-16-36-31(20-28)25(5)29-14-11-26-19-27(12-15-30(26)39(29)57-36)32-21-46-41(48-32)35-10-8-18-52(35)43(54)38(24(3)4)50-44(55)56-6/h11-16,19-25,34-35,37-38H,7-10,17-18,45H2,1-6H3,(H,46,48)(H,47,49)(H,50,55)/t25?,34-,35-,37-,38-/m0/s1. The van der Waals surface area contributed by atoms with E-state index in [4.69, 9.17) is 25.2 Å². The fourth-order valence-electron chi connectivity index (χ4n) is 8.65. The van der Waals surface area contributed by atoms with Gasteiger partial charge in [-0.05, 0) is 73.2 Å². The maximum atomic E-state index is 13.6. The number of H-pyrrole nitrogens is 2. The van der Waals surface area contributed by atoms with Crippen molar-refractivity contribution in [1.29, 1.82) is 0 Å². The molecule has 5 N–H and O–H groups in total. The number of alkyl carbamates (subject to hydrolysis) is 1. The number of aromatic nitrogens is 4. The Morgan fingerprint density at radius 3 is 2.05 bits per heavy atom. The van der Waals surface area contributed by atoms with Gasteiger partial charge in [0.25, 0.3) is 0 Å². The third-order valence-electron chi connectivity index (χ3n) is 12.1. The predicted molar refractivity (Wildman–Crippen MR) is 218 cm³/mol. The Bertz CT molecular complexity index is 2330. The van der Waals surface area contributed by atoms with Crippen molar-refractivity contribution in [3.05, 3.63) is 83.7 Å². The SMILES string of the molecule is COC(=O)N[C@H](C(=O)N1CCC[C@H]1c1ncc(-c2ccc3c4c(ccc3c2)C(C)c2cc(-c3cnc([C@@H]5CCCN5C(=O)[C@@H](N)C(C)C)[nH]3)ccc2O4)[nH]1)C(C)C. The molecule has 13 heteroatoms. The van der Waals surface area contributed by atoms with Crippen molar-refractivity contribution in [2.45, 2.75) is 90.4 Å². The fraction of sp³-hybridized carbons (Fsp3) is 0.432. The number of nitrogens with zero attached hydrogens (tertiary/aromatic N) is 4. The van der Waals surface area contributed by atoms with Crippen LogP contribution in [0.15, 0.2) is 60.9 Å². The molecule has 3 amide bonds. The molecule has 5 aromatic rings. The second-order valence-corrected chi connectivity index (χ2v) is 16.4. The number of aromatic amines is 2. The molecule has 2 saturated heterocycles. The summed E-state index contributed by atoms with van der Waals surface area (Å²) in [6.45, 7) is 11.3. The Balaban J connectivity index is 1.000. The van der Waals surface area contributed by atoms with Crippen LogP contribution in [0.1, 0.15) is 101 Å². The molecule has 0 radical (unpaired) electrons. The topological polar surface area (TPSA) is 172 Å². The zero-order chi connectivity index (χ0) is 40.1. The molecule has 3 aromatic carbocycles. The number of amides is 3. The van der Waals surface area contributed by atoms with Crippen molar-refractivity contribution >= 4 is 28.7 Å². The normalized spacial score (nSPS) is 20.1. The van der Waals surface area contributed by atoms with Crippen LogP contribution < -0.4 is 15.8 Å². The first-order chi connectivity index (χ1) is 27.4. The summed E-state index contributed by atoms with van der Waals surface area (Å²) in [4.78, 5) is 59.0. The van der Waals surface area contributed by atoms with E-state index in [1.165, 1.54) is 7.11 Å². The van der Waals surface area contributed by atoms with Gasteiger partial charge in [-0.3, -0.25) is 9.59 Å². The van der Waals surface area contributed by atoms with Gasteiger partial charge in [0.2, 0.25) is 11.8 Å². The van der Waals surface area contributed by atoms with Gasteiger partial charge < -0.3 is 40.3 Å². The number of nitrogens with one attached hydrogen (secondary N) is 3. The van der Waals surface area contributed by atoms with Gasteiger partial charge in [-0.2, -0.15) is 0 Å². The molecule has 13 nitrogen and oxygen atoms in total. The average Bonchev–Trinajstić information content (AvgIpc) is 4.05. The lowest BCUT2D eigenvalue weighted by Gasteiger charge is -2.30. The number of carbonyl (C=O) groups excluding carboxylic acids is 3. The summed E-state index contributed by atoms with van der Waals surface area (Å²) in [7, 11) is 1.30. The maximum absolute atomic E-state index is 13.6. The minimum atomic E-state index is -0.690. The van der Waals surface area contributed by atoms with Crippen molar-refractivity contribution in [1.82, 2.24) is 35.1 Å². The van der Waals surface area contributed by atoms with E-state index >= 15 is 0 Å². The molecule has 5 heterocycles. The second-order valence-electron chi connectivity index (χ2n) is 16.4. The van der Waals surface area contributed by atoms with Crippen LogP contribution in [0.3, 0.4) is 0 Å². The molecule has 1 unspecified atom stereocenters. The van der Waals surface area contributed by atoms with Gasteiger partial charge in [0.1, 0.15) is 29.2 Å². The van der Waals surface area contributed by atoms with Gasteiger partial charge in [0.15, 0.2) is 0 Å². The number of carbonyl (C=O) groups is 3. The molecule has 0 saturated carbocycles. The number of benzene rings is 3. The van der Waals surface area contributed by atoms with E-state index in [-0.39, 0.29) is 41.7 Å².